The summed E-state index contributed by atoms with van der Waals surface area (Å²) in [5.74, 6) is 3.33. The van der Waals surface area contributed by atoms with Crippen LogP contribution < -0.4 is 0 Å². The molecule has 0 radical (unpaired) electrons. The number of hydrogen-bond acceptors (Lipinski definition) is 2. The third kappa shape index (κ3) is 2.80. The van der Waals surface area contributed by atoms with Crippen molar-refractivity contribution >= 4 is 10.0 Å². The lowest BCUT2D eigenvalue weighted by Gasteiger charge is -2.12. The predicted molar refractivity (Wildman–Crippen MR) is 66.6 cm³/mol. The maximum atomic E-state index is 12.1. The zero-order valence-electron chi connectivity index (χ0n) is 9.97. The molecule has 0 aliphatic heterocycles. The molecule has 0 amide bonds. The van der Waals surface area contributed by atoms with E-state index in [1.807, 2.05) is 6.92 Å². The molecular weight excluding hydrogens is 234 g/mol. The fourth-order valence-electron chi connectivity index (χ4n) is 1.34. The van der Waals surface area contributed by atoms with Crippen molar-refractivity contribution in [2.24, 2.45) is 5.92 Å². The van der Waals surface area contributed by atoms with Crippen molar-refractivity contribution in [3.8, 4) is 12.0 Å². The van der Waals surface area contributed by atoms with E-state index in [2.05, 4.69) is 12.0 Å². The van der Waals surface area contributed by atoms with Gasteiger partial charge in [-0.2, -0.15) is 0 Å². The van der Waals surface area contributed by atoms with Crippen LogP contribution in [0.1, 0.15) is 18.4 Å². The van der Waals surface area contributed by atoms with E-state index in [9.17, 15) is 8.42 Å². The standard InChI is InChI=1S/C13H15NO2S/c1-11-3-7-13(8-4-11)17(15,16)14(2)10-9-12-5-6-12/h3-4,7-8,12H,5-6H2,1-2H3. The van der Waals surface area contributed by atoms with Gasteiger partial charge in [-0.25, -0.2) is 12.7 Å². The number of benzene rings is 1. The molecule has 1 aromatic rings. The maximum absolute atomic E-state index is 12.1. The second-order valence-electron chi connectivity index (χ2n) is 4.32. The van der Waals surface area contributed by atoms with Crippen molar-refractivity contribution in [2.45, 2.75) is 24.7 Å². The molecule has 0 N–H and O–H groups in total. The third-order valence-corrected chi connectivity index (χ3v) is 4.36. The van der Waals surface area contributed by atoms with Crippen molar-refractivity contribution in [2.75, 3.05) is 7.05 Å². The molecule has 1 fully saturated rings. The van der Waals surface area contributed by atoms with Gasteiger partial charge in [0.2, 0.25) is 0 Å². The van der Waals surface area contributed by atoms with Crippen LogP contribution in [0.15, 0.2) is 29.2 Å². The van der Waals surface area contributed by atoms with Crippen LogP contribution in [0, 0.1) is 24.8 Å². The first-order chi connectivity index (χ1) is 8.00. The van der Waals surface area contributed by atoms with Gasteiger partial charge in [0.15, 0.2) is 0 Å². The SMILES string of the molecule is Cc1ccc(S(=O)(=O)N(C)C#CC2CC2)cc1. The molecule has 3 nitrogen and oxygen atoms in total. The monoisotopic (exact) mass is 249 g/mol. The van der Waals surface area contributed by atoms with E-state index in [0.717, 1.165) is 22.7 Å². The lowest BCUT2D eigenvalue weighted by atomic mass is 10.2. The largest absolute Gasteiger partial charge is 0.270 e. The Morgan fingerprint density at radius 2 is 1.82 bits per heavy atom. The Labute approximate surface area is 103 Å². The molecular formula is C13H15NO2S. The molecule has 0 saturated heterocycles. The number of rotatable bonds is 2. The first-order valence-corrected chi connectivity index (χ1v) is 7.01. The van der Waals surface area contributed by atoms with E-state index in [4.69, 9.17) is 0 Å². The fraction of sp³-hybridized carbons (Fsp3) is 0.385. The average Bonchev–Trinajstić information content (AvgIpc) is 3.10. The summed E-state index contributed by atoms with van der Waals surface area (Å²) in [5.41, 5.74) is 1.04. The Morgan fingerprint density at radius 1 is 1.24 bits per heavy atom. The summed E-state index contributed by atoms with van der Waals surface area (Å²) in [6, 6.07) is 9.49. The molecule has 0 spiro atoms. The number of sulfonamides is 1. The highest BCUT2D eigenvalue weighted by molar-refractivity contribution is 7.89. The van der Waals surface area contributed by atoms with Gasteiger partial charge in [-0.15, -0.1) is 0 Å². The summed E-state index contributed by atoms with van der Waals surface area (Å²) < 4.78 is 25.3. The van der Waals surface area contributed by atoms with Crippen molar-refractivity contribution in [1.82, 2.24) is 4.31 Å². The van der Waals surface area contributed by atoms with Crippen LogP contribution in [0.3, 0.4) is 0 Å². The molecule has 0 heterocycles. The van der Waals surface area contributed by atoms with Gasteiger partial charge < -0.3 is 0 Å². The minimum absolute atomic E-state index is 0.288. The van der Waals surface area contributed by atoms with E-state index >= 15 is 0 Å². The topological polar surface area (TPSA) is 37.4 Å². The van der Waals surface area contributed by atoms with Gasteiger partial charge in [0.05, 0.1) is 4.90 Å². The van der Waals surface area contributed by atoms with Crippen LogP contribution >= 0.6 is 0 Å². The smallest absolute Gasteiger partial charge is 0.228 e. The predicted octanol–water partition coefficient (Wildman–Crippen LogP) is 1.99. The Hall–Kier alpha value is -1.47. The van der Waals surface area contributed by atoms with Gasteiger partial charge in [-0.1, -0.05) is 23.6 Å². The first kappa shape index (κ1) is 12.0. The first-order valence-electron chi connectivity index (χ1n) is 5.57. The molecule has 90 valence electrons. The summed E-state index contributed by atoms with van der Waals surface area (Å²) in [5, 5.41) is 0. The van der Waals surface area contributed by atoms with Crippen molar-refractivity contribution in [1.29, 1.82) is 0 Å². The minimum atomic E-state index is -3.46. The van der Waals surface area contributed by atoms with E-state index < -0.39 is 10.0 Å². The van der Waals surface area contributed by atoms with Gasteiger partial charge in [0.25, 0.3) is 10.0 Å². The summed E-state index contributed by atoms with van der Waals surface area (Å²) in [7, 11) is -1.97. The Bertz CT molecular complexity index is 560. The highest BCUT2D eigenvalue weighted by Gasteiger charge is 2.21. The number of nitrogens with zero attached hydrogens (tertiary/aromatic N) is 1. The van der Waals surface area contributed by atoms with Crippen LogP contribution in [0.4, 0.5) is 0 Å². The molecule has 2 rings (SSSR count). The van der Waals surface area contributed by atoms with Crippen LogP contribution in [0.5, 0.6) is 0 Å². The molecule has 0 unspecified atom stereocenters. The molecule has 0 bridgehead atoms. The molecule has 0 atom stereocenters. The van der Waals surface area contributed by atoms with Crippen LogP contribution in [0.2, 0.25) is 0 Å². The van der Waals surface area contributed by atoms with Crippen LogP contribution in [-0.4, -0.2) is 19.8 Å². The fourth-order valence-corrected chi connectivity index (χ4v) is 2.31. The summed E-state index contributed by atoms with van der Waals surface area (Å²) in [4.78, 5) is 0.288. The lowest BCUT2D eigenvalue weighted by molar-refractivity contribution is 0.546. The highest BCUT2D eigenvalue weighted by atomic mass is 32.2. The zero-order chi connectivity index (χ0) is 12.5. The Kier molecular flexibility index (Phi) is 3.12. The van der Waals surface area contributed by atoms with Crippen LogP contribution in [0.25, 0.3) is 0 Å². The Morgan fingerprint density at radius 3 is 2.35 bits per heavy atom. The molecule has 4 heteroatoms. The summed E-state index contributed by atoms with van der Waals surface area (Å²) in [6.45, 7) is 1.92. The second-order valence-corrected chi connectivity index (χ2v) is 6.29. The van der Waals surface area contributed by atoms with E-state index in [1.54, 1.807) is 24.3 Å². The molecule has 1 aliphatic carbocycles. The van der Waals surface area contributed by atoms with E-state index in [1.165, 1.54) is 7.05 Å². The van der Waals surface area contributed by atoms with Gasteiger partial charge in [-0.3, -0.25) is 0 Å². The number of hydrogen-bond donors (Lipinski definition) is 0. The Balaban J connectivity index is 2.23. The molecule has 0 aromatic heterocycles. The third-order valence-electron chi connectivity index (χ3n) is 2.68. The van der Waals surface area contributed by atoms with E-state index in [0.29, 0.717) is 5.92 Å². The second kappa shape index (κ2) is 4.42. The number of aryl methyl sites for hydroxylation is 1. The molecule has 1 aromatic carbocycles. The van der Waals surface area contributed by atoms with Crippen molar-refractivity contribution in [3.05, 3.63) is 29.8 Å². The molecule has 1 aliphatic rings. The van der Waals surface area contributed by atoms with Gasteiger partial charge in [-0.05, 0) is 31.9 Å². The summed E-state index contributed by atoms with van der Waals surface area (Å²) in [6.07, 6.45) is 2.18. The quantitative estimate of drug-likeness (QED) is 0.594. The van der Waals surface area contributed by atoms with Gasteiger partial charge in [0.1, 0.15) is 0 Å². The minimum Gasteiger partial charge on any atom is -0.228 e. The zero-order valence-corrected chi connectivity index (χ0v) is 10.8. The maximum Gasteiger partial charge on any atom is 0.270 e. The normalized spacial score (nSPS) is 14.9. The van der Waals surface area contributed by atoms with Gasteiger partial charge in [0, 0.05) is 19.0 Å². The van der Waals surface area contributed by atoms with Crippen molar-refractivity contribution in [3.63, 3.8) is 0 Å². The van der Waals surface area contributed by atoms with Crippen molar-refractivity contribution < 1.29 is 8.42 Å². The highest BCUT2D eigenvalue weighted by Crippen LogP contribution is 2.27. The lowest BCUT2D eigenvalue weighted by Crippen LogP contribution is -2.22. The average molecular weight is 249 g/mol. The summed E-state index contributed by atoms with van der Waals surface area (Å²) >= 11 is 0. The van der Waals surface area contributed by atoms with Crippen LogP contribution in [-0.2, 0) is 10.0 Å². The van der Waals surface area contributed by atoms with E-state index in [-0.39, 0.29) is 4.90 Å². The van der Waals surface area contributed by atoms with Gasteiger partial charge >= 0.3 is 0 Å². The molecule has 1 saturated carbocycles. The molecule has 17 heavy (non-hydrogen) atoms.